The van der Waals surface area contributed by atoms with Crippen molar-refractivity contribution >= 4 is 23.5 Å². The average Bonchev–Trinajstić information content (AvgIpc) is 3.38. The lowest BCUT2D eigenvalue weighted by Gasteiger charge is -2.40. The van der Waals surface area contributed by atoms with Crippen molar-refractivity contribution in [3.8, 4) is 27.4 Å². The fourth-order valence-corrected chi connectivity index (χ4v) is 6.17. The first-order valence-corrected chi connectivity index (χ1v) is 13.3. The Morgan fingerprint density at radius 2 is 1.54 bits per heavy atom. The summed E-state index contributed by atoms with van der Waals surface area (Å²) >= 11 is 1.39. The Kier molecular flexibility index (Phi) is 7.25. The number of carbonyl (C=O) groups excluding carboxylic acids is 1. The Labute approximate surface area is 211 Å². The summed E-state index contributed by atoms with van der Waals surface area (Å²) in [5, 5.41) is 8.62. The van der Waals surface area contributed by atoms with Gasteiger partial charge in [-0.1, -0.05) is 42.8 Å². The number of ether oxygens (including phenoxy) is 1. The Morgan fingerprint density at radius 3 is 2.14 bits per heavy atom. The first-order valence-electron chi connectivity index (χ1n) is 12.5. The highest BCUT2D eigenvalue weighted by atomic mass is 32.1. The zero-order chi connectivity index (χ0) is 24.2. The van der Waals surface area contributed by atoms with Crippen molar-refractivity contribution in [2.75, 3.05) is 33.3 Å². The molecule has 35 heavy (non-hydrogen) atoms. The molecule has 0 aliphatic carbocycles. The van der Waals surface area contributed by atoms with Crippen LogP contribution in [0.25, 0.3) is 21.7 Å². The lowest BCUT2D eigenvalue weighted by molar-refractivity contribution is 0.0594. The number of thiazole rings is 1. The third-order valence-electron chi connectivity index (χ3n) is 7.20. The number of likely N-dealkylation sites (tertiary alicyclic amines) is 2. The van der Waals surface area contributed by atoms with Gasteiger partial charge in [-0.3, -0.25) is 4.79 Å². The van der Waals surface area contributed by atoms with Crippen LogP contribution in [0.15, 0.2) is 48.5 Å². The van der Waals surface area contributed by atoms with E-state index in [2.05, 4.69) is 22.0 Å². The third-order valence-corrected chi connectivity index (χ3v) is 8.31. The van der Waals surface area contributed by atoms with Crippen LogP contribution in [0.1, 0.15) is 47.5 Å². The average molecular weight is 489 g/mol. The minimum Gasteiger partial charge on any atom is -0.497 e. The molecule has 182 valence electrons. The number of methoxy groups -OCH3 is 1. The summed E-state index contributed by atoms with van der Waals surface area (Å²) in [5.41, 5.74) is 3.64. The van der Waals surface area contributed by atoms with Gasteiger partial charge in [0.05, 0.1) is 7.11 Å². The molecule has 0 bridgehead atoms. The summed E-state index contributed by atoms with van der Waals surface area (Å²) < 4.78 is 5.24. The molecule has 3 aromatic rings. The maximum atomic E-state index is 13.4. The Hall–Kier alpha value is -3.03. The number of amides is 1. The second-order valence-electron chi connectivity index (χ2n) is 9.30. The normalized spacial score (nSPS) is 17.3. The van der Waals surface area contributed by atoms with Crippen molar-refractivity contribution in [1.82, 2.24) is 14.8 Å². The second-order valence-corrected chi connectivity index (χ2v) is 10.3. The number of carbonyl (C=O) groups is 1. The predicted molar refractivity (Wildman–Crippen MR) is 142 cm³/mol. The number of hydrogen-bond acceptors (Lipinski definition) is 6. The molecule has 5 rings (SSSR count). The van der Waals surface area contributed by atoms with Crippen LogP contribution in [-0.2, 0) is 0 Å². The molecular formula is C28H32N4O2S. The maximum absolute atomic E-state index is 13.4. The van der Waals surface area contributed by atoms with E-state index in [9.17, 15) is 4.79 Å². The topological polar surface area (TPSA) is 69.5 Å². The fourth-order valence-electron chi connectivity index (χ4n) is 5.16. The summed E-state index contributed by atoms with van der Waals surface area (Å²) in [6.07, 6.45) is 7.21. The number of piperidine rings is 2. The fraction of sp³-hybridized carbons (Fsp3) is 0.393. The molecule has 2 aliphatic rings. The first-order chi connectivity index (χ1) is 17.2. The van der Waals surface area contributed by atoms with Crippen LogP contribution >= 0.6 is 11.3 Å². The molecule has 2 fully saturated rings. The van der Waals surface area contributed by atoms with E-state index < -0.39 is 0 Å². The van der Waals surface area contributed by atoms with Gasteiger partial charge in [-0.25, -0.2) is 4.98 Å². The molecule has 2 saturated heterocycles. The minimum atomic E-state index is 0.0131. The summed E-state index contributed by atoms with van der Waals surface area (Å²) in [6, 6.07) is 16.8. The van der Waals surface area contributed by atoms with E-state index >= 15 is 0 Å². The number of rotatable bonds is 6. The molecule has 7 heteroatoms. The lowest BCUT2D eigenvalue weighted by Crippen LogP contribution is -2.48. The van der Waals surface area contributed by atoms with Crippen molar-refractivity contribution in [3.05, 3.63) is 59.1 Å². The van der Waals surface area contributed by atoms with Crippen molar-refractivity contribution < 1.29 is 9.53 Å². The van der Waals surface area contributed by atoms with E-state index in [1.54, 1.807) is 7.11 Å². The number of benzene rings is 2. The smallest absolute Gasteiger partial charge is 0.266 e. The predicted octanol–water partition coefficient (Wildman–Crippen LogP) is 5.57. The van der Waals surface area contributed by atoms with Gasteiger partial charge in [-0.15, -0.1) is 11.3 Å². The molecule has 0 saturated carbocycles. The number of nitrogens with one attached hydrogen (secondary N) is 1. The van der Waals surface area contributed by atoms with E-state index in [1.807, 2.05) is 41.3 Å². The first kappa shape index (κ1) is 23.7. The van der Waals surface area contributed by atoms with Crippen LogP contribution in [0, 0.1) is 5.41 Å². The molecule has 0 atom stereocenters. The van der Waals surface area contributed by atoms with E-state index in [-0.39, 0.29) is 5.91 Å². The summed E-state index contributed by atoms with van der Waals surface area (Å²) in [7, 11) is 1.66. The van der Waals surface area contributed by atoms with Gasteiger partial charge in [-0.05, 0) is 62.0 Å². The van der Waals surface area contributed by atoms with Gasteiger partial charge in [0.2, 0.25) is 0 Å². The molecule has 0 radical (unpaired) electrons. The van der Waals surface area contributed by atoms with E-state index in [0.717, 1.165) is 53.4 Å². The molecule has 3 heterocycles. The van der Waals surface area contributed by atoms with Crippen molar-refractivity contribution in [1.29, 1.82) is 5.41 Å². The second kappa shape index (κ2) is 10.7. The number of aromatic nitrogens is 1. The number of nitrogens with zero attached hydrogens (tertiary/aromatic N) is 3. The van der Waals surface area contributed by atoms with Crippen LogP contribution in [0.2, 0.25) is 0 Å². The van der Waals surface area contributed by atoms with E-state index in [0.29, 0.717) is 16.6 Å². The Morgan fingerprint density at radius 1 is 0.943 bits per heavy atom. The van der Waals surface area contributed by atoms with Gasteiger partial charge in [-0.2, -0.15) is 0 Å². The van der Waals surface area contributed by atoms with Crippen LogP contribution in [0.5, 0.6) is 5.75 Å². The van der Waals surface area contributed by atoms with Crippen molar-refractivity contribution in [2.24, 2.45) is 0 Å². The number of hydrogen-bond donors (Lipinski definition) is 1. The van der Waals surface area contributed by atoms with Gasteiger partial charge in [0.15, 0.2) is 0 Å². The third kappa shape index (κ3) is 5.16. The van der Waals surface area contributed by atoms with Gasteiger partial charge in [0.1, 0.15) is 21.3 Å². The highest BCUT2D eigenvalue weighted by Gasteiger charge is 2.30. The molecule has 6 nitrogen and oxygen atoms in total. The van der Waals surface area contributed by atoms with Crippen LogP contribution in [0.4, 0.5) is 0 Å². The molecule has 1 amide bonds. The van der Waals surface area contributed by atoms with Gasteiger partial charge >= 0.3 is 0 Å². The highest BCUT2D eigenvalue weighted by Crippen LogP contribution is 2.32. The molecule has 1 N–H and O–H groups in total. The minimum absolute atomic E-state index is 0.0131. The van der Waals surface area contributed by atoms with Crippen LogP contribution in [-0.4, -0.2) is 66.2 Å². The molecule has 2 aromatic carbocycles. The Balaban J connectivity index is 1.28. The highest BCUT2D eigenvalue weighted by molar-refractivity contribution is 7.17. The van der Waals surface area contributed by atoms with Gasteiger partial charge < -0.3 is 19.9 Å². The molecule has 0 spiro atoms. The van der Waals surface area contributed by atoms with Gasteiger partial charge in [0.25, 0.3) is 5.91 Å². The monoisotopic (exact) mass is 488 g/mol. The quantitative estimate of drug-likeness (QED) is 0.460. The van der Waals surface area contributed by atoms with E-state index in [4.69, 9.17) is 10.1 Å². The summed E-state index contributed by atoms with van der Waals surface area (Å²) in [5.74, 6) is 0.847. The van der Waals surface area contributed by atoms with E-state index in [1.165, 1.54) is 49.9 Å². The molecule has 2 aliphatic heterocycles. The molecule has 1 aromatic heterocycles. The standard InChI is InChI=1S/C28H32N4O2S/c1-34-24-11-9-21(10-12-24)20-5-7-22(8-6-20)27-30-25(19-29)26(35-27)28(33)32-17-13-23(14-18-32)31-15-3-2-4-16-31/h5-12,19,23,29H,2-4,13-18H2,1H3. The zero-order valence-electron chi connectivity index (χ0n) is 20.2. The van der Waals surface area contributed by atoms with Crippen LogP contribution < -0.4 is 4.74 Å². The zero-order valence-corrected chi connectivity index (χ0v) is 21.0. The van der Waals surface area contributed by atoms with Crippen LogP contribution in [0.3, 0.4) is 0 Å². The summed E-state index contributed by atoms with van der Waals surface area (Å²) in [6.45, 7) is 3.96. The summed E-state index contributed by atoms with van der Waals surface area (Å²) in [4.78, 5) is 23.1. The van der Waals surface area contributed by atoms with Crippen molar-refractivity contribution in [3.63, 3.8) is 0 Å². The lowest BCUT2D eigenvalue weighted by atomic mass is 10.00. The largest absolute Gasteiger partial charge is 0.497 e. The SMILES string of the molecule is COc1ccc(-c2ccc(-c3nc(C=N)c(C(=O)N4CCC(N5CCCCC5)CC4)s3)cc2)cc1. The Bertz CT molecular complexity index is 1160. The maximum Gasteiger partial charge on any atom is 0.266 e. The molecular weight excluding hydrogens is 456 g/mol. The van der Waals surface area contributed by atoms with Crippen molar-refractivity contribution in [2.45, 2.75) is 38.1 Å². The van der Waals surface area contributed by atoms with Gasteiger partial charge in [0, 0.05) is 30.9 Å². The molecule has 0 unspecified atom stereocenters.